The van der Waals surface area contributed by atoms with Crippen LogP contribution in [0.4, 0.5) is 5.69 Å². The Bertz CT molecular complexity index is 1180. The highest BCUT2D eigenvalue weighted by atomic mass is 32.2. The minimum absolute atomic E-state index is 0.150. The molecule has 0 radical (unpaired) electrons. The van der Waals surface area contributed by atoms with E-state index in [1.54, 1.807) is 6.07 Å². The molecule has 3 aromatic rings. The van der Waals surface area contributed by atoms with E-state index in [1.807, 2.05) is 37.3 Å². The van der Waals surface area contributed by atoms with Crippen LogP contribution in [0, 0.1) is 18.3 Å². The second-order valence-electron chi connectivity index (χ2n) is 6.22. The van der Waals surface area contributed by atoms with Crippen LogP contribution in [0.2, 0.25) is 0 Å². The van der Waals surface area contributed by atoms with E-state index in [9.17, 15) is 13.2 Å². The van der Waals surface area contributed by atoms with E-state index in [2.05, 4.69) is 10.4 Å². The van der Waals surface area contributed by atoms with Gasteiger partial charge in [0.1, 0.15) is 11.0 Å². The maximum atomic E-state index is 12.3. The number of anilines is 1. The topological polar surface area (TPSA) is 131 Å². The zero-order valence-corrected chi connectivity index (χ0v) is 15.8. The lowest BCUT2D eigenvalue weighted by Crippen LogP contribution is -2.18. The third-order valence-electron chi connectivity index (χ3n) is 3.99. The molecule has 3 rings (SSSR count). The third kappa shape index (κ3) is 4.43. The number of carbonyl (C=O) groups is 1. The van der Waals surface area contributed by atoms with Crippen LogP contribution in [-0.4, -0.2) is 24.1 Å². The van der Waals surface area contributed by atoms with Crippen LogP contribution in [0.3, 0.4) is 0 Å². The average Bonchev–Trinajstić information content (AvgIpc) is 3.12. The average molecular weight is 395 g/mol. The molecule has 28 heavy (non-hydrogen) atoms. The smallest absolute Gasteiger partial charge is 0.240 e. The summed E-state index contributed by atoms with van der Waals surface area (Å²) in [7, 11) is -4.10. The highest BCUT2D eigenvalue weighted by Gasteiger charge is 2.18. The van der Waals surface area contributed by atoms with Gasteiger partial charge in [0.15, 0.2) is 0 Å². The first-order valence-corrected chi connectivity index (χ1v) is 9.78. The molecule has 1 amide bonds. The van der Waals surface area contributed by atoms with Crippen LogP contribution in [0.25, 0.3) is 5.69 Å². The van der Waals surface area contributed by atoms with Crippen LogP contribution >= 0.6 is 0 Å². The van der Waals surface area contributed by atoms with Gasteiger partial charge >= 0.3 is 0 Å². The predicted octanol–water partition coefficient (Wildman–Crippen LogP) is 1.88. The van der Waals surface area contributed by atoms with Gasteiger partial charge in [-0.25, -0.2) is 18.2 Å². The molecule has 0 saturated heterocycles. The van der Waals surface area contributed by atoms with Crippen molar-refractivity contribution in [2.24, 2.45) is 5.14 Å². The van der Waals surface area contributed by atoms with E-state index in [0.717, 1.165) is 11.1 Å². The van der Waals surface area contributed by atoms with E-state index in [0.29, 0.717) is 0 Å². The summed E-state index contributed by atoms with van der Waals surface area (Å²) in [6, 6.07) is 13.7. The molecule has 8 nitrogen and oxygen atoms in total. The number of nitrogens with one attached hydrogen (secondary N) is 1. The summed E-state index contributed by atoms with van der Waals surface area (Å²) >= 11 is 0. The Balaban J connectivity index is 1.87. The van der Waals surface area contributed by atoms with E-state index in [-0.39, 0.29) is 34.2 Å². The summed E-state index contributed by atoms with van der Waals surface area (Å²) < 4.78 is 25.3. The first kappa shape index (κ1) is 19.3. The molecule has 0 fully saturated rings. The van der Waals surface area contributed by atoms with E-state index in [1.165, 1.54) is 29.2 Å². The standard InChI is InChI=1S/C19H17N5O3S/c1-13-2-4-14(5-3-13)8-19(25)23-16-6-7-17(18(9-16)28(21,26)27)24-12-15(10-20)11-22-24/h2-7,9,11-12H,8H2,1H3,(H,23,25)(H2,21,26,27). The number of benzene rings is 2. The Morgan fingerprint density at radius 3 is 2.57 bits per heavy atom. The number of aromatic nitrogens is 2. The quantitative estimate of drug-likeness (QED) is 0.681. The second-order valence-corrected chi connectivity index (χ2v) is 7.75. The van der Waals surface area contributed by atoms with Gasteiger partial charge in [-0.15, -0.1) is 0 Å². The van der Waals surface area contributed by atoms with Gasteiger partial charge in [0, 0.05) is 11.9 Å². The highest BCUT2D eigenvalue weighted by molar-refractivity contribution is 7.89. The lowest BCUT2D eigenvalue weighted by Gasteiger charge is -2.11. The maximum Gasteiger partial charge on any atom is 0.240 e. The minimum atomic E-state index is -4.10. The van der Waals surface area contributed by atoms with Crippen molar-refractivity contribution in [2.45, 2.75) is 18.2 Å². The molecular formula is C19H17N5O3S. The Labute approximate surface area is 162 Å². The number of nitriles is 1. The van der Waals surface area contributed by atoms with Crippen LogP contribution < -0.4 is 10.5 Å². The number of hydrogen-bond donors (Lipinski definition) is 2. The van der Waals surface area contributed by atoms with Crippen molar-refractivity contribution in [1.29, 1.82) is 5.26 Å². The van der Waals surface area contributed by atoms with Crippen molar-refractivity contribution in [2.75, 3.05) is 5.32 Å². The van der Waals surface area contributed by atoms with Crippen LogP contribution in [0.15, 0.2) is 59.8 Å². The molecule has 0 aliphatic carbocycles. The predicted molar refractivity (Wildman–Crippen MR) is 103 cm³/mol. The molecule has 0 aliphatic rings. The number of amides is 1. The Morgan fingerprint density at radius 2 is 1.96 bits per heavy atom. The second kappa shape index (κ2) is 7.64. The number of rotatable bonds is 5. The maximum absolute atomic E-state index is 12.3. The van der Waals surface area contributed by atoms with E-state index in [4.69, 9.17) is 10.4 Å². The van der Waals surface area contributed by atoms with Gasteiger partial charge in [-0.3, -0.25) is 4.79 Å². The number of nitrogens with two attached hydrogens (primary N) is 1. The van der Waals surface area contributed by atoms with Crippen molar-refractivity contribution in [3.8, 4) is 11.8 Å². The van der Waals surface area contributed by atoms with Crippen molar-refractivity contribution in [3.63, 3.8) is 0 Å². The van der Waals surface area contributed by atoms with Crippen molar-refractivity contribution in [1.82, 2.24) is 9.78 Å². The van der Waals surface area contributed by atoms with Gasteiger partial charge in [-0.05, 0) is 30.7 Å². The molecule has 1 aromatic heterocycles. The first-order valence-electron chi connectivity index (χ1n) is 8.23. The number of carbonyl (C=O) groups excluding carboxylic acids is 1. The molecule has 3 N–H and O–H groups in total. The summed E-state index contributed by atoms with van der Waals surface area (Å²) in [6.45, 7) is 1.96. The lowest BCUT2D eigenvalue weighted by molar-refractivity contribution is -0.115. The first-order chi connectivity index (χ1) is 13.3. The molecule has 1 heterocycles. The lowest BCUT2D eigenvalue weighted by atomic mass is 10.1. The SMILES string of the molecule is Cc1ccc(CC(=O)Nc2ccc(-n3cc(C#N)cn3)c(S(N)(=O)=O)c2)cc1. The van der Waals surface area contributed by atoms with Gasteiger partial charge in [-0.1, -0.05) is 29.8 Å². The van der Waals surface area contributed by atoms with Gasteiger partial charge in [0.05, 0.1) is 23.9 Å². The summed E-state index contributed by atoms with van der Waals surface area (Å²) in [5.41, 5.74) is 2.68. The van der Waals surface area contributed by atoms with Crippen LogP contribution in [0.1, 0.15) is 16.7 Å². The third-order valence-corrected chi connectivity index (χ3v) is 4.93. The zero-order chi connectivity index (χ0) is 20.3. The van der Waals surface area contributed by atoms with Gasteiger partial charge in [0.25, 0.3) is 0 Å². The molecule has 142 valence electrons. The molecule has 0 bridgehead atoms. The fraction of sp³-hybridized carbons (Fsp3) is 0.105. The molecule has 2 aromatic carbocycles. The highest BCUT2D eigenvalue weighted by Crippen LogP contribution is 2.23. The Morgan fingerprint density at radius 1 is 1.25 bits per heavy atom. The molecule has 0 unspecified atom stereocenters. The molecule has 0 aliphatic heterocycles. The molecule has 0 saturated carbocycles. The molecule has 9 heteroatoms. The summed E-state index contributed by atoms with van der Waals surface area (Å²) in [4.78, 5) is 12.1. The summed E-state index contributed by atoms with van der Waals surface area (Å²) in [5.74, 6) is -0.289. The Hall–Kier alpha value is -3.48. The number of primary sulfonamides is 1. The molecule has 0 spiro atoms. The van der Waals surface area contributed by atoms with E-state index < -0.39 is 10.0 Å². The number of sulfonamides is 1. The molecular weight excluding hydrogens is 378 g/mol. The number of nitrogens with zero attached hydrogens (tertiary/aromatic N) is 3. The minimum Gasteiger partial charge on any atom is -0.326 e. The Kier molecular flexibility index (Phi) is 5.26. The largest absolute Gasteiger partial charge is 0.326 e. The van der Waals surface area contributed by atoms with Gasteiger partial charge < -0.3 is 5.32 Å². The molecule has 0 atom stereocenters. The fourth-order valence-electron chi connectivity index (χ4n) is 2.62. The monoisotopic (exact) mass is 395 g/mol. The number of hydrogen-bond acceptors (Lipinski definition) is 5. The van der Waals surface area contributed by atoms with Gasteiger partial charge in [0.2, 0.25) is 15.9 Å². The normalized spacial score (nSPS) is 11.0. The van der Waals surface area contributed by atoms with Crippen molar-refractivity contribution >= 4 is 21.6 Å². The zero-order valence-electron chi connectivity index (χ0n) is 15.0. The van der Waals surface area contributed by atoms with E-state index >= 15 is 0 Å². The fourth-order valence-corrected chi connectivity index (χ4v) is 3.36. The summed E-state index contributed by atoms with van der Waals surface area (Å²) in [5, 5.41) is 20.9. The van der Waals surface area contributed by atoms with Crippen molar-refractivity contribution in [3.05, 3.63) is 71.5 Å². The number of aryl methyl sites for hydroxylation is 1. The van der Waals surface area contributed by atoms with Crippen LogP contribution in [0.5, 0.6) is 0 Å². The van der Waals surface area contributed by atoms with Crippen LogP contribution in [-0.2, 0) is 21.2 Å². The summed E-state index contributed by atoms with van der Waals surface area (Å²) in [6.07, 6.45) is 2.85. The van der Waals surface area contributed by atoms with Gasteiger partial charge in [-0.2, -0.15) is 10.4 Å². The van der Waals surface area contributed by atoms with Crippen molar-refractivity contribution < 1.29 is 13.2 Å².